The van der Waals surface area contributed by atoms with Gasteiger partial charge in [-0.1, -0.05) is 237 Å². The highest BCUT2D eigenvalue weighted by molar-refractivity contribution is 6.02. The zero-order valence-electron chi connectivity index (χ0n) is 34.8. The summed E-state index contributed by atoms with van der Waals surface area (Å²) in [6.07, 6.45) is 0. The zero-order chi connectivity index (χ0) is 41.8. The summed E-state index contributed by atoms with van der Waals surface area (Å²) in [7, 11) is 0. The van der Waals surface area contributed by atoms with Gasteiger partial charge in [0.1, 0.15) is 0 Å². The lowest BCUT2D eigenvalue weighted by Gasteiger charge is -2.35. The van der Waals surface area contributed by atoms with Crippen molar-refractivity contribution >= 4 is 17.1 Å². The van der Waals surface area contributed by atoms with Gasteiger partial charge in [-0.2, -0.15) is 0 Å². The van der Waals surface area contributed by atoms with Crippen LogP contribution in [0.2, 0.25) is 0 Å². The van der Waals surface area contributed by atoms with Gasteiger partial charge in [0.05, 0.1) is 22.2 Å². The van der Waals surface area contributed by atoms with Crippen LogP contribution in [-0.2, 0) is 10.8 Å². The zero-order valence-corrected chi connectivity index (χ0v) is 34.8. The SMILES string of the molecule is c1ccc(-c2ccc(N(c3cccc4c3-c3ccccc3C4(c3ccccc3)c3ccccc3)c3cccc4c3-c3ccccc3C4(c3ccccc3)c3ccccc3)cc2)cc1. The molecule has 10 aromatic rings. The molecule has 0 spiro atoms. The van der Waals surface area contributed by atoms with Crippen LogP contribution in [0, 0.1) is 0 Å². The molecular weight excluding hydrogens is 759 g/mol. The number of rotatable bonds is 8. The van der Waals surface area contributed by atoms with Crippen LogP contribution in [0.1, 0.15) is 44.5 Å². The van der Waals surface area contributed by atoms with Crippen LogP contribution < -0.4 is 4.90 Å². The average Bonchev–Trinajstić information content (AvgIpc) is 3.85. The lowest BCUT2D eigenvalue weighted by atomic mass is 9.67. The van der Waals surface area contributed by atoms with Crippen molar-refractivity contribution in [2.75, 3.05) is 4.90 Å². The molecule has 0 unspecified atom stereocenters. The van der Waals surface area contributed by atoms with E-state index in [9.17, 15) is 0 Å². The fourth-order valence-corrected chi connectivity index (χ4v) is 11.2. The largest absolute Gasteiger partial charge is 0.309 e. The highest BCUT2D eigenvalue weighted by Crippen LogP contribution is 2.62. The maximum Gasteiger partial charge on any atom is 0.0714 e. The van der Waals surface area contributed by atoms with Crippen molar-refractivity contribution in [1.29, 1.82) is 0 Å². The third-order valence-electron chi connectivity index (χ3n) is 13.6. The molecule has 2 aliphatic carbocycles. The molecule has 12 rings (SSSR count). The normalized spacial score (nSPS) is 13.7. The molecule has 10 aromatic carbocycles. The Bertz CT molecular complexity index is 2990. The van der Waals surface area contributed by atoms with Gasteiger partial charge in [-0.05, 0) is 91.0 Å². The van der Waals surface area contributed by atoms with Gasteiger partial charge >= 0.3 is 0 Å². The van der Waals surface area contributed by atoms with Crippen LogP contribution in [0.5, 0.6) is 0 Å². The Morgan fingerprint density at radius 1 is 0.238 bits per heavy atom. The van der Waals surface area contributed by atoms with E-state index in [0.717, 1.165) is 17.1 Å². The summed E-state index contributed by atoms with van der Waals surface area (Å²) in [5, 5.41) is 0. The molecule has 1 heteroatoms. The number of hydrogen-bond donors (Lipinski definition) is 0. The molecule has 63 heavy (non-hydrogen) atoms. The third kappa shape index (κ3) is 5.43. The average molecular weight is 802 g/mol. The number of anilines is 3. The van der Waals surface area contributed by atoms with Crippen LogP contribution in [0.4, 0.5) is 17.1 Å². The van der Waals surface area contributed by atoms with Gasteiger partial charge in [-0.25, -0.2) is 0 Å². The first-order valence-corrected chi connectivity index (χ1v) is 21.9. The minimum absolute atomic E-state index is 0.533. The van der Waals surface area contributed by atoms with Gasteiger partial charge in [-0.15, -0.1) is 0 Å². The molecule has 0 heterocycles. The van der Waals surface area contributed by atoms with Gasteiger partial charge in [0.25, 0.3) is 0 Å². The van der Waals surface area contributed by atoms with E-state index in [-0.39, 0.29) is 0 Å². The molecule has 0 radical (unpaired) electrons. The van der Waals surface area contributed by atoms with Crippen LogP contribution in [-0.4, -0.2) is 0 Å². The van der Waals surface area contributed by atoms with E-state index in [1.807, 2.05) is 0 Å². The Balaban J connectivity index is 1.19. The second kappa shape index (κ2) is 14.9. The number of hydrogen-bond acceptors (Lipinski definition) is 1. The molecule has 0 amide bonds. The molecule has 2 aliphatic rings. The van der Waals surface area contributed by atoms with Crippen molar-refractivity contribution in [2.45, 2.75) is 10.8 Å². The van der Waals surface area contributed by atoms with E-state index in [0.29, 0.717) is 0 Å². The molecule has 0 aromatic heterocycles. The standard InChI is InChI=1S/C62H43N/c1-6-22-44(23-7-1)45-40-42-50(43-41-45)63(57-38-20-36-55-59(57)51-32-16-18-34-53(51)61(55,46-24-8-2-9-25-46)47-26-10-3-11-27-47)58-39-21-37-56-60(58)52-33-17-19-35-54(52)62(56,48-28-12-4-13-29-48)49-30-14-5-15-31-49/h1-43H. The minimum atomic E-state index is -0.533. The summed E-state index contributed by atoms with van der Waals surface area (Å²) >= 11 is 0. The van der Waals surface area contributed by atoms with E-state index in [1.165, 1.54) is 77.9 Å². The Morgan fingerprint density at radius 3 is 0.952 bits per heavy atom. The first-order valence-electron chi connectivity index (χ1n) is 21.9. The van der Waals surface area contributed by atoms with Crippen molar-refractivity contribution in [3.63, 3.8) is 0 Å². The summed E-state index contributed by atoms with van der Waals surface area (Å²) in [5.41, 5.74) is 19.8. The highest BCUT2D eigenvalue weighted by Gasteiger charge is 2.49. The maximum atomic E-state index is 2.55. The van der Waals surface area contributed by atoms with Crippen molar-refractivity contribution in [3.8, 4) is 33.4 Å². The number of nitrogens with zero attached hydrogens (tertiary/aromatic N) is 1. The van der Waals surface area contributed by atoms with E-state index < -0.39 is 10.8 Å². The summed E-state index contributed by atoms with van der Waals surface area (Å²) < 4.78 is 0. The van der Waals surface area contributed by atoms with E-state index in [1.54, 1.807) is 0 Å². The fourth-order valence-electron chi connectivity index (χ4n) is 11.2. The first-order chi connectivity index (χ1) is 31.3. The Hall–Kier alpha value is -8.00. The predicted molar refractivity (Wildman–Crippen MR) is 261 cm³/mol. The second-order valence-electron chi connectivity index (χ2n) is 16.7. The topological polar surface area (TPSA) is 3.24 Å². The highest BCUT2D eigenvalue weighted by atomic mass is 15.1. The fraction of sp³-hybridized carbons (Fsp3) is 0.0323. The van der Waals surface area contributed by atoms with Crippen molar-refractivity contribution < 1.29 is 0 Å². The lowest BCUT2D eigenvalue weighted by Crippen LogP contribution is -2.28. The van der Waals surface area contributed by atoms with Gasteiger partial charge in [0, 0.05) is 16.8 Å². The molecule has 0 saturated carbocycles. The summed E-state index contributed by atoms with van der Waals surface area (Å²) in [4.78, 5) is 2.55. The van der Waals surface area contributed by atoms with E-state index >= 15 is 0 Å². The molecule has 0 aliphatic heterocycles. The van der Waals surface area contributed by atoms with Gasteiger partial charge in [-0.3, -0.25) is 0 Å². The third-order valence-corrected chi connectivity index (χ3v) is 13.6. The van der Waals surface area contributed by atoms with Crippen LogP contribution in [0.3, 0.4) is 0 Å². The molecule has 0 fully saturated rings. The second-order valence-corrected chi connectivity index (χ2v) is 16.7. The molecular formula is C62H43N. The predicted octanol–water partition coefficient (Wildman–Crippen LogP) is 15.5. The van der Waals surface area contributed by atoms with Crippen LogP contribution in [0.25, 0.3) is 33.4 Å². The van der Waals surface area contributed by atoms with Gasteiger partial charge in [0.15, 0.2) is 0 Å². The summed E-state index contributed by atoms with van der Waals surface area (Å²) in [6, 6.07) is 96.4. The molecule has 1 nitrogen and oxygen atoms in total. The molecule has 0 atom stereocenters. The van der Waals surface area contributed by atoms with E-state index in [4.69, 9.17) is 0 Å². The summed E-state index contributed by atoms with van der Waals surface area (Å²) in [6.45, 7) is 0. The minimum Gasteiger partial charge on any atom is -0.309 e. The van der Waals surface area contributed by atoms with E-state index in [2.05, 4.69) is 266 Å². The molecule has 0 N–H and O–H groups in total. The molecule has 0 saturated heterocycles. The molecule has 0 bridgehead atoms. The smallest absolute Gasteiger partial charge is 0.0714 e. The first kappa shape index (κ1) is 36.8. The Kier molecular flexibility index (Phi) is 8.69. The molecule has 296 valence electrons. The van der Waals surface area contributed by atoms with Gasteiger partial charge < -0.3 is 4.90 Å². The van der Waals surface area contributed by atoms with Crippen molar-refractivity contribution in [1.82, 2.24) is 0 Å². The van der Waals surface area contributed by atoms with Crippen molar-refractivity contribution in [2.24, 2.45) is 0 Å². The quantitative estimate of drug-likeness (QED) is 0.148. The number of benzene rings is 10. The summed E-state index contributed by atoms with van der Waals surface area (Å²) in [5.74, 6) is 0. The van der Waals surface area contributed by atoms with Gasteiger partial charge in [0.2, 0.25) is 0 Å². The Morgan fingerprint density at radius 2 is 0.556 bits per heavy atom. The monoisotopic (exact) mass is 801 g/mol. The maximum absolute atomic E-state index is 2.55. The number of fused-ring (bicyclic) bond motifs is 6. The van der Waals surface area contributed by atoms with Crippen LogP contribution in [0.15, 0.2) is 261 Å². The Labute approximate surface area is 369 Å². The lowest BCUT2D eigenvalue weighted by molar-refractivity contribution is 0.768. The van der Waals surface area contributed by atoms with Crippen molar-refractivity contribution in [3.05, 3.63) is 305 Å². The van der Waals surface area contributed by atoms with Crippen LogP contribution >= 0.6 is 0 Å².